The van der Waals surface area contributed by atoms with E-state index in [1.54, 1.807) is 6.07 Å². The summed E-state index contributed by atoms with van der Waals surface area (Å²) in [5.41, 5.74) is 1.70. The largest absolute Gasteiger partial charge is 0.478 e. The lowest BCUT2D eigenvalue weighted by molar-refractivity contribution is -0.131. The van der Waals surface area contributed by atoms with Gasteiger partial charge >= 0.3 is 5.97 Å². The van der Waals surface area contributed by atoms with Gasteiger partial charge in [0.05, 0.1) is 0 Å². The summed E-state index contributed by atoms with van der Waals surface area (Å²) in [6.07, 6.45) is 2.58. The van der Waals surface area contributed by atoms with Gasteiger partial charge in [-0.05, 0) is 36.3 Å². The number of carboxylic acid groups (broad SMARTS) is 1. The fourth-order valence-corrected chi connectivity index (χ4v) is 1.75. The van der Waals surface area contributed by atoms with Gasteiger partial charge in [-0.25, -0.2) is 4.79 Å². The van der Waals surface area contributed by atoms with E-state index < -0.39 is 5.97 Å². The van der Waals surface area contributed by atoms with Crippen molar-refractivity contribution >= 4 is 39.6 Å². The van der Waals surface area contributed by atoms with E-state index in [1.165, 1.54) is 6.08 Å². The van der Waals surface area contributed by atoms with Crippen LogP contribution in [0.4, 0.5) is 0 Å². The molecule has 0 heterocycles. The lowest BCUT2D eigenvalue weighted by Gasteiger charge is -2.02. The molecule has 1 aromatic carbocycles. The minimum atomic E-state index is -0.974. The van der Waals surface area contributed by atoms with Gasteiger partial charge in [0.25, 0.3) is 0 Å². The molecule has 0 bridgehead atoms. The summed E-state index contributed by atoms with van der Waals surface area (Å²) < 4.78 is 0.870. The third-order valence-electron chi connectivity index (χ3n) is 1.72. The second kappa shape index (κ2) is 4.62. The first-order valence-corrected chi connectivity index (χ1v) is 5.04. The zero-order valence-corrected chi connectivity index (χ0v) is 9.76. The maximum absolute atomic E-state index is 10.3. The van der Waals surface area contributed by atoms with E-state index in [-0.39, 0.29) is 0 Å². The van der Waals surface area contributed by atoms with Gasteiger partial charge in [-0.1, -0.05) is 27.5 Å². The monoisotopic (exact) mass is 274 g/mol. The topological polar surface area (TPSA) is 37.3 Å². The Morgan fingerprint density at radius 3 is 2.71 bits per heavy atom. The minimum Gasteiger partial charge on any atom is -0.478 e. The van der Waals surface area contributed by atoms with Gasteiger partial charge in [0.1, 0.15) is 0 Å². The van der Waals surface area contributed by atoms with Crippen molar-refractivity contribution in [1.82, 2.24) is 0 Å². The molecule has 0 fully saturated rings. The average molecular weight is 276 g/mol. The summed E-state index contributed by atoms with van der Waals surface area (Å²) in [6.45, 7) is 1.89. The molecule has 2 nitrogen and oxygen atoms in total. The van der Waals surface area contributed by atoms with Gasteiger partial charge in [0.15, 0.2) is 0 Å². The maximum atomic E-state index is 10.3. The van der Waals surface area contributed by atoms with Gasteiger partial charge in [-0.3, -0.25) is 0 Å². The van der Waals surface area contributed by atoms with Crippen LogP contribution in [0.2, 0.25) is 5.02 Å². The Labute approximate surface area is 95.3 Å². The Morgan fingerprint density at radius 2 is 2.21 bits per heavy atom. The second-order valence-electron chi connectivity index (χ2n) is 2.78. The van der Waals surface area contributed by atoms with E-state index in [0.29, 0.717) is 5.02 Å². The first-order valence-electron chi connectivity index (χ1n) is 3.87. The van der Waals surface area contributed by atoms with Crippen molar-refractivity contribution in [1.29, 1.82) is 0 Å². The van der Waals surface area contributed by atoms with E-state index in [2.05, 4.69) is 15.9 Å². The Bertz CT molecular complexity index is 376. The predicted molar refractivity (Wildman–Crippen MR) is 60.6 cm³/mol. The zero-order chi connectivity index (χ0) is 10.7. The minimum absolute atomic E-state index is 0.615. The molecule has 0 saturated heterocycles. The molecule has 1 aromatic rings. The van der Waals surface area contributed by atoms with Crippen LogP contribution >= 0.6 is 27.5 Å². The first-order chi connectivity index (χ1) is 6.50. The summed E-state index contributed by atoms with van der Waals surface area (Å²) in [4.78, 5) is 10.3. The zero-order valence-electron chi connectivity index (χ0n) is 7.42. The van der Waals surface area contributed by atoms with Crippen LogP contribution in [0.3, 0.4) is 0 Å². The van der Waals surface area contributed by atoms with Gasteiger partial charge in [-0.15, -0.1) is 0 Å². The highest BCUT2D eigenvalue weighted by Gasteiger charge is 2.01. The lowest BCUT2D eigenvalue weighted by atomic mass is 10.1. The molecule has 0 unspecified atom stereocenters. The molecule has 0 spiro atoms. The molecule has 1 N–H and O–H groups in total. The van der Waals surface area contributed by atoms with Crippen LogP contribution < -0.4 is 0 Å². The fourth-order valence-electron chi connectivity index (χ4n) is 0.929. The molecule has 0 radical (unpaired) electrons. The van der Waals surface area contributed by atoms with Crippen LogP contribution in [0.5, 0.6) is 0 Å². The number of carboxylic acids is 1. The molecule has 0 aliphatic heterocycles. The highest BCUT2D eigenvalue weighted by molar-refractivity contribution is 9.10. The third-order valence-corrected chi connectivity index (χ3v) is 2.94. The summed E-state index contributed by atoms with van der Waals surface area (Å²) in [7, 11) is 0. The molecule has 0 aliphatic rings. The Hall–Kier alpha value is -0.800. The molecule has 0 aliphatic carbocycles. The van der Waals surface area contributed by atoms with Crippen molar-refractivity contribution in [2.45, 2.75) is 6.92 Å². The van der Waals surface area contributed by atoms with E-state index in [4.69, 9.17) is 16.7 Å². The normalized spacial score (nSPS) is 10.8. The quantitative estimate of drug-likeness (QED) is 0.839. The van der Waals surface area contributed by atoms with Crippen molar-refractivity contribution in [3.05, 3.63) is 38.8 Å². The maximum Gasteiger partial charge on any atom is 0.328 e. The van der Waals surface area contributed by atoms with Crippen LogP contribution in [0.1, 0.15) is 11.1 Å². The van der Waals surface area contributed by atoms with E-state index in [0.717, 1.165) is 21.7 Å². The van der Waals surface area contributed by atoms with Crippen molar-refractivity contribution < 1.29 is 9.90 Å². The third kappa shape index (κ3) is 2.86. The van der Waals surface area contributed by atoms with E-state index in [9.17, 15) is 4.79 Å². The van der Waals surface area contributed by atoms with Crippen molar-refractivity contribution in [2.24, 2.45) is 0 Å². The van der Waals surface area contributed by atoms with Gasteiger partial charge in [0, 0.05) is 15.6 Å². The van der Waals surface area contributed by atoms with E-state index in [1.807, 2.05) is 13.0 Å². The number of aliphatic carboxylic acids is 1. The SMILES string of the molecule is Cc1c(Cl)cc(/C=C/C(=O)O)cc1Br. The summed E-state index contributed by atoms with van der Waals surface area (Å²) in [6, 6.07) is 3.54. The standard InChI is InChI=1S/C10H8BrClO2/c1-6-8(11)4-7(5-9(6)12)2-3-10(13)14/h2-5H,1H3,(H,13,14)/b3-2+. The van der Waals surface area contributed by atoms with Crippen LogP contribution in [0.15, 0.2) is 22.7 Å². The Morgan fingerprint density at radius 1 is 1.57 bits per heavy atom. The van der Waals surface area contributed by atoms with Crippen LogP contribution in [0, 0.1) is 6.92 Å². The number of carbonyl (C=O) groups is 1. The van der Waals surface area contributed by atoms with Crippen LogP contribution in [0.25, 0.3) is 6.08 Å². The van der Waals surface area contributed by atoms with Crippen molar-refractivity contribution in [3.8, 4) is 0 Å². The molecule has 0 atom stereocenters. The smallest absolute Gasteiger partial charge is 0.328 e. The molecule has 4 heteroatoms. The predicted octanol–water partition coefficient (Wildman–Crippen LogP) is 3.51. The molecule has 0 amide bonds. The Balaban J connectivity index is 3.07. The lowest BCUT2D eigenvalue weighted by Crippen LogP contribution is -1.86. The summed E-state index contributed by atoms with van der Waals surface area (Å²) in [5, 5.41) is 9.05. The molecule has 1 rings (SSSR count). The van der Waals surface area contributed by atoms with Gasteiger partial charge in [0.2, 0.25) is 0 Å². The second-order valence-corrected chi connectivity index (χ2v) is 4.04. The summed E-state index contributed by atoms with van der Waals surface area (Å²) >= 11 is 9.26. The number of hydrogen-bond acceptors (Lipinski definition) is 1. The van der Waals surface area contributed by atoms with Gasteiger partial charge in [-0.2, -0.15) is 0 Å². The summed E-state index contributed by atoms with van der Waals surface area (Å²) in [5.74, 6) is -0.974. The number of halogens is 2. The molecule has 0 aromatic heterocycles. The molecular weight excluding hydrogens is 267 g/mol. The van der Waals surface area contributed by atoms with Gasteiger partial charge < -0.3 is 5.11 Å². The van der Waals surface area contributed by atoms with Crippen LogP contribution in [-0.4, -0.2) is 11.1 Å². The Kier molecular flexibility index (Phi) is 3.72. The molecule has 0 saturated carbocycles. The van der Waals surface area contributed by atoms with Crippen molar-refractivity contribution in [3.63, 3.8) is 0 Å². The fraction of sp³-hybridized carbons (Fsp3) is 0.100. The number of benzene rings is 1. The molecule has 14 heavy (non-hydrogen) atoms. The van der Waals surface area contributed by atoms with E-state index >= 15 is 0 Å². The first kappa shape index (κ1) is 11.3. The van der Waals surface area contributed by atoms with Crippen LogP contribution in [-0.2, 0) is 4.79 Å². The highest BCUT2D eigenvalue weighted by Crippen LogP contribution is 2.26. The van der Waals surface area contributed by atoms with Crippen molar-refractivity contribution in [2.75, 3.05) is 0 Å². The highest BCUT2D eigenvalue weighted by atomic mass is 79.9. The number of rotatable bonds is 2. The average Bonchev–Trinajstić information content (AvgIpc) is 2.10. The number of hydrogen-bond donors (Lipinski definition) is 1. The molecule has 74 valence electrons. The molecular formula is C10H8BrClO2.